The molecular formula is C21H26N2O6S. The van der Waals surface area contributed by atoms with Gasteiger partial charge in [-0.3, -0.25) is 4.79 Å². The van der Waals surface area contributed by atoms with Crippen LogP contribution in [0.25, 0.3) is 0 Å². The Kier molecular flexibility index (Phi) is 6.52. The zero-order valence-electron chi connectivity index (χ0n) is 17.5. The molecule has 2 aromatic rings. The van der Waals surface area contributed by atoms with Crippen molar-refractivity contribution in [2.24, 2.45) is 0 Å². The fourth-order valence-corrected chi connectivity index (χ4v) is 4.47. The van der Waals surface area contributed by atoms with E-state index in [0.717, 1.165) is 18.4 Å². The van der Waals surface area contributed by atoms with Crippen LogP contribution in [0.3, 0.4) is 0 Å². The number of nitrogens with zero attached hydrogens (tertiary/aromatic N) is 1. The molecule has 3 rings (SSSR count). The summed E-state index contributed by atoms with van der Waals surface area (Å²) in [5.74, 6) is 1.13. The van der Waals surface area contributed by atoms with Crippen molar-refractivity contribution in [1.29, 1.82) is 0 Å². The Morgan fingerprint density at radius 2 is 1.77 bits per heavy atom. The van der Waals surface area contributed by atoms with Gasteiger partial charge in [0.15, 0.2) is 11.5 Å². The molecule has 1 saturated carbocycles. The molecule has 162 valence electrons. The number of nitrogens with one attached hydrogen (secondary N) is 1. The van der Waals surface area contributed by atoms with Gasteiger partial charge in [0.1, 0.15) is 0 Å². The van der Waals surface area contributed by atoms with Crippen molar-refractivity contribution in [3.05, 3.63) is 47.5 Å². The van der Waals surface area contributed by atoms with Gasteiger partial charge in [-0.25, -0.2) is 13.1 Å². The Morgan fingerprint density at radius 1 is 1.07 bits per heavy atom. The highest BCUT2D eigenvalue weighted by Gasteiger charge is 2.28. The van der Waals surface area contributed by atoms with Crippen molar-refractivity contribution in [2.75, 3.05) is 28.4 Å². The van der Waals surface area contributed by atoms with Crippen molar-refractivity contribution < 1.29 is 27.4 Å². The van der Waals surface area contributed by atoms with Gasteiger partial charge in [-0.05, 0) is 43.2 Å². The minimum absolute atomic E-state index is 0.00505. The van der Waals surface area contributed by atoms with Gasteiger partial charge in [-0.2, -0.15) is 0 Å². The van der Waals surface area contributed by atoms with Gasteiger partial charge in [0, 0.05) is 30.8 Å². The highest BCUT2D eigenvalue weighted by molar-refractivity contribution is 7.89. The van der Waals surface area contributed by atoms with Gasteiger partial charge in [-0.1, -0.05) is 6.07 Å². The average molecular weight is 435 g/mol. The number of rotatable bonds is 9. The summed E-state index contributed by atoms with van der Waals surface area (Å²) in [4.78, 5) is 14.5. The molecule has 2 aromatic carbocycles. The lowest BCUT2D eigenvalue weighted by molar-refractivity contribution is 0.0783. The number of ether oxygens (including phenoxy) is 3. The van der Waals surface area contributed by atoms with E-state index in [0.29, 0.717) is 17.2 Å². The first-order valence-corrected chi connectivity index (χ1v) is 10.9. The lowest BCUT2D eigenvalue weighted by Crippen LogP contribution is -2.28. The van der Waals surface area contributed by atoms with Crippen LogP contribution in [0.4, 0.5) is 0 Å². The molecule has 9 heteroatoms. The molecular weight excluding hydrogens is 408 g/mol. The summed E-state index contributed by atoms with van der Waals surface area (Å²) < 4.78 is 43.7. The number of benzene rings is 2. The summed E-state index contributed by atoms with van der Waals surface area (Å²) >= 11 is 0. The van der Waals surface area contributed by atoms with Crippen molar-refractivity contribution in [3.8, 4) is 17.2 Å². The van der Waals surface area contributed by atoms with Crippen molar-refractivity contribution in [1.82, 2.24) is 9.62 Å². The van der Waals surface area contributed by atoms with Crippen LogP contribution < -0.4 is 18.9 Å². The molecule has 0 bridgehead atoms. The first-order chi connectivity index (χ1) is 14.3. The van der Waals surface area contributed by atoms with Gasteiger partial charge in [-0.15, -0.1) is 0 Å². The second-order valence-electron chi connectivity index (χ2n) is 7.08. The number of sulfonamides is 1. The summed E-state index contributed by atoms with van der Waals surface area (Å²) in [6.07, 6.45) is 1.68. The highest BCUT2D eigenvalue weighted by atomic mass is 32.2. The Hall–Kier alpha value is -2.78. The molecule has 0 unspecified atom stereocenters. The van der Waals surface area contributed by atoms with E-state index in [1.54, 1.807) is 31.3 Å². The topological polar surface area (TPSA) is 94.2 Å². The van der Waals surface area contributed by atoms with E-state index < -0.39 is 10.0 Å². The van der Waals surface area contributed by atoms with E-state index in [4.69, 9.17) is 14.2 Å². The molecule has 1 aliphatic carbocycles. The van der Waals surface area contributed by atoms with Crippen molar-refractivity contribution >= 4 is 15.9 Å². The molecule has 0 atom stereocenters. The zero-order chi connectivity index (χ0) is 21.9. The maximum Gasteiger partial charge on any atom is 0.253 e. The Bertz CT molecular complexity index is 1030. The van der Waals surface area contributed by atoms with Crippen LogP contribution >= 0.6 is 0 Å². The second kappa shape index (κ2) is 8.93. The quantitative estimate of drug-likeness (QED) is 0.652. The molecule has 0 heterocycles. The van der Waals surface area contributed by atoms with Gasteiger partial charge in [0.2, 0.25) is 15.8 Å². The number of carbonyl (C=O) groups is 1. The normalized spacial score (nSPS) is 13.6. The Balaban J connectivity index is 1.82. The first-order valence-electron chi connectivity index (χ1n) is 9.46. The van der Waals surface area contributed by atoms with Gasteiger partial charge in [0.25, 0.3) is 5.91 Å². The molecule has 1 amide bonds. The molecule has 8 nitrogen and oxygen atoms in total. The minimum atomic E-state index is -3.64. The molecule has 1 aliphatic rings. The molecule has 0 aliphatic heterocycles. The smallest absolute Gasteiger partial charge is 0.253 e. The van der Waals surface area contributed by atoms with Crippen LogP contribution in [0.15, 0.2) is 41.3 Å². The molecule has 0 radical (unpaired) electrons. The number of carbonyl (C=O) groups excluding carboxylic acids is 1. The van der Waals surface area contributed by atoms with Crippen LogP contribution in [-0.4, -0.2) is 53.6 Å². The summed E-state index contributed by atoms with van der Waals surface area (Å²) in [7, 11) is 2.57. The van der Waals surface area contributed by atoms with E-state index >= 15 is 0 Å². The van der Waals surface area contributed by atoms with Gasteiger partial charge < -0.3 is 19.1 Å². The van der Waals surface area contributed by atoms with E-state index in [2.05, 4.69) is 4.72 Å². The number of hydrogen-bond donors (Lipinski definition) is 1. The summed E-state index contributed by atoms with van der Waals surface area (Å²) in [6, 6.07) is 9.58. The molecule has 0 spiro atoms. The van der Waals surface area contributed by atoms with Crippen LogP contribution in [0.2, 0.25) is 0 Å². The van der Waals surface area contributed by atoms with E-state index in [-0.39, 0.29) is 29.0 Å². The number of hydrogen-bond acceptors (Lipinski definition) is 6. The SMILES string of the molecule is COc1ccc(CN(C)C(=O)c2cccc(S(=O)(=O)NC3CC3)c2)c(OC)c1OC. The van der Waals surface area contributed by atoms with Crippen molar-refractivity contribution in [2.45, 2.75) is 30.3 Å². The van der Waals surface area contributed by atoms with E-state index in [1.165, 1.54) is 38.4 Å². The predicted molar refractivity (Wildman–Crippen MR) is 112 cm³/mol. The maximum atomic E-state index is 13.0. The lowest BCUT2D eigenvalue weighted by Gasteiger charge is -2.21. The lowest BCUT2D eigenvalue weighted by atomic mass is 10.1. The molecule has 0 saturated heterocycles. The third-order valence-electron chi connectivity index (χ3n) is 4.83. The highest BCUT2D eigenvalue weighted by Crippen LogP contribution is 2.40. The van der Waals surface area contributed by atoms with Gasteiger partial charge in [0.05, 0.1) is 26.2 Å². The Labute approximate surface area is 176 Å². The molecule has 30 heavy (non-hydrogen) atoms. The third kappa shape index (κ3) is 4.68. The largest absolute Gasteiger partial charge is 0.493 e. The number of amides is 1. The minimum Gasteiger partial charge on any atom is -0.493 e. The van der Waals surface area contributed by atoms with E-state index in [9.17, 15) is 13.2 Å². The first kappa shape index (κ1) is 21.9. The Morgan fingerprint density at radius 3 is 2.37 bits per heavy atom. The fraction of sp³-hybridized carbons (Fsp3) is 0.381. The van der Waals surface area contributed by atoms with Crippen LogP contribution in [0.5, 0.6) is 17.2 Å². The van der Waals surface area contributed by atoms with Crippen LogP contribution in [-0.2, 0) is 16.6 Å². The van der Waals surface area contributed by atoms with Crippen molar-refractivity contribution in [3.63, 3.8) is 0 Å². The predicted octanol–water partition coefficient (Wildman–Crippen LogP) is 2.43. The standard InChI is InChI=1S/C21H26N2O6S/c1-23(13-15-8-11-18(27-2)20(29-4)19(15)28-3)21(24)14-6-5-7-17(12-14)30(25,26)22-16-9-10-16/h5-8,11-12,16,22H,9-10,13H2,1-4H3. The number of methoxy groups -OCH3 is 3. The molecule has 1 N–H and O–H groups in total. The van der Waals surface area contributed by atoms with Crippen LogP contribution in [0, 0.1) is 0 Å². The average Bonchev–Trinajstić information content (AvgIpc) is 3.55. The third-order valence-corrected chi connectivity index (χ3v) is 6.35. The molecule has 0 aromatic heterocycles. The monoisotopic (exact) mass is 434 g/mol. The summed E-state index contributed by atoms with van der Waals surface area (Å²) in [6.45, 7) is 0.236. The summed E-state index contributed by atoms with van der Waals surface area (Å²) in [5, 5.41) is 0. The van der Waals surface area contributed by atoms with Gasteiger partial charge >= 0.3 is 0 Å². The van der Waals surface area contributed by atoms with Crippen LogP contribution in [0.1, 0.15) is 28.8 Å². The molecule has 1 fully saturated rings. The van der Waals surface area contributed by atoms with E-state index in [1.807, 2.05) is 0 Å². The summed E-state index contributed by atoms with van der Waals surface area (Å²) in [5.41, 5.74) is 1.01. The maximum absolute atomic E-state index is 13.0. The second-order valence-corrected chi connectivity index (χ2v) is 8.79. The fourth-order valence-electron chi connectivity index (χ4n) is 3.12. The zero-order valence-corrected chi connectivity index (χ0v) is 18.3.